The second-order valence-corrected chi connectivity index (χ2v) is 3.59. The summed E-state index contributed by atoms with van der Waals surface area (Å²) < 4.78 is 15.0. The zero-order valence-corrected chi connectivity index (χ0v) is 8.43. The molecule has 1 aromatic heterocycles. The van der Waals surface area contributed by atoms with Crippen LogP contribution in [0.2, 0.25) is 0 Å². The van der Waals surface area contributed by atoms with Crippen LogP contribution in [-0.4, -0.2) is 21.7 Å². The van der Waals surface area contributed by atoms with Crippen molar-refractivity contribution in [3.05, 3.63) is 36.3 Å². The van der Waals surface area contributed by atoms with Crippen LogP contribution in [0.3, 0.4) is 0 Å². The van der Waals surface area contributed by atoms with Crippen molar-refractivity contribution in [2.24, 2.45) is 5.73 Å². The molecule has 1 unspecified atom stereocenters. The van der Waals surface area contributed by atoms with Crippen molar-refractivity contribution in [3.63, 3.8) is 0 Å². The Kier molecular flexibility index (Phi) is 2.62. The molecule has 4 nitrogen and oxygen atoms in total. The van der Waals surface area contributed by atoms with Gasteiger partial charge in [-0.3, -0.25) is 4.79 Å². The average molecular weight is 222 g/mol. The molecule has 0 fully saturated rings. The summed E-state index contributed by atoms with van der Waals surface area (Å²) in [5, 5.41) is 9.17. The molecular weight excluding hydrogens is 211 g/mol. The second kappa shape index (κ2) is 3.94. The van der Waals surface area contributed by atoms with Gasteiger partial charge in [0, 0.05) is 18.1 Å². The van der Waals surface area contributed by atoms with Crippen LogP contribution in [0.25, 0.3) is 10.9 Å². The maximum atomic E-state index is 13.3. The minimum absolute atomic E-state index is 0.127. The molecule has 84 valence electrons. The maximum Gasteiger partial charge on any atom is 0.322 e. The molecule has 3 N–H and O–H groups in total. The van der Waals surface area contributed by atoms with Crippen LogP contribution < -0.4 is 5.73 Å². The second-order valence-electron chi connectivity index (χ2n) is 3.59. The first-order valence-electron chi connectivity index (χ1n) is 4.81. The van der Waals surface area contributed by atoms with Gasteiger partial charge >= 0.3 is 5.97 Å². The summed E-state index contributed by atoms with van der Waals surface area (Å²) in [6.45, 7) is 0.127. The van der Waals surface area contributed by atoms with Gasteiger partial charge in [0.05, 0.1) is 5.52 Å². The third-order valence-corrected chi connectivity index (χ3v) is 2.47. The number of fused-ring (bicyclic) bond motifs is 1. The lowest BCUT2D eigenvalue weighted by Gasteiger charge is -2.09. The molecule has 0 aliphatic rings. The summed E-state index contributed by atoms with van der Waals surface area (Å²) >= 11 is 0. The van der Waals surface area contributed by atoms with Gasteiger partial charge in [-0.15, -0.1) is 0 Å². The van der Waals surface area contributed by atoms with Gasteiger partial charge in [-0.1, -0.05) is 6.07 Å². The highest BCUT2D eigenvalue weighted by atomic mass is 19.1. The van der Waals surface area contributed by atoms with E-state index in [1.165, 1.54) is 6.07 Å². The Bertz CT molecular complexity index is 536. The number of hydrogen-bond donors (Lipinski definition) is 2. The van der Waals surface area contributed by atoms with Crippen molar-refractivity contribution in [2.45, 2.75) is 12.6 Å². The number of aromatic nitrogens is 1. The Morgan fingerprint density at radius 2 is 2.25 bits per heavy atom. The maximum absolute atomic E-state index is 13.3. The van der Waals surface area contributed by atoms with Crippen LogP contribution in [0.1, 0.15) is 0 Å². The first-order valence-corrected chi connectivity index (χ1v) is 4.81. The molecule has 2 rings (SSSR count). The fourth-order valence-electron chi connectivity index (χ4n) is 1.64. The van der Waals surface area contributed by atoms with Crippen LogP contribution in [-0.2, 0) is 11.3 Å². The first kappa shape index (κ1) is 10.6. The van der Waals surface area contributed by atoms with Crippen LogP contribution in [0.4, 0.5) is 4.39 Å². The third-order valence-electron chi connectivity index (χ3n) is 2.47. The number of nitrogens with zero attached hydrogens (tertiary/aromatic N) is 1. The van der Waals surface area contributed by atoms with E-state index in [0.717, 1.165) is 0 Å². The van der Waals surface area contributed by atoms with E-state index in [0.29, 0.717) is 10.9 Å². The van der Waals surface area contributed by atoms with Gasteiger partial charge in [0.15, 0.2) is 0 Å². The van der Waals surface area contributed by atoms with Crippen molar-refractivity contribution in [3.8, 4) is 0 Å². The van der Waals surface area contributed by atoms with E-state index in [-0.39, 0.29) is 12.4 Å². The Balaban J connectivity index is 2.39. The van der Waals surface area contributed by atoms with Crippen LogP contribution in [0.5, 0.6) is 0 Å². The highest BCUT2D eigenvalue weighted by Crippen LogP contribution is 2.18. The molecule has 0 bridgehead atoms. The Hall–Kier alpha value is -1.88. The zero-order valence-electron chi connectivity index (χ0n) is 8.43. The minimum Gasteiger partial charge on any atom is -0.480 e. The van der Waals surface area contributed by atoms with E-state index in [4.69, 9.17) is 10.8 Å². The predicted molar refractivity (Wildman–Crippen MR) is 57.5 cm³/mol. The van der Waals surface area contributed by atoms with Gasteiger partial charge < -0.3 is 15.4 Å². The lowest BCUT2D eigenvalue weighted by molar-refractivity contribution is -0.138. The number of hydrogen-bond acceptors (Lipinski definition) is 2. The van der Waals surface area contributed by atoms with E-state index in [1.807, 2.05) is 0 Å². The molecule has 2 aromatic rings. The molecule has 1 aromatic carbocycles. The highest BCUT2D eigenvalue weighted by Gasteiger charge is 2.13. The summed E-state index contributed by atoms with van der Waals surface area (Å²) in [4.78, 5) is 10.6. The molecule has 0 saturated carbocycles. The van der Waals surface area contributed by atoms with Crippen LogP contribution >= 0.6 is 0 Å². The molecule has 0 spiro atoms. The standard InChI is InChI=1S/C11H11FN2O2/c12-8-2-1-3-10-7(8)4-5-14(10)6-9(13)11(15)16/h1-5,9H,6,13H2,(H,15,16). The Morgan fingerprint density at radius 1 is 1.50 bits per heavy atom. The number of benzene rings is 1. The SMILES string of the molecule is NC(Cn1ccc2c(F)cccc21)C(=O)O. The third kappa shape index (κ3) is 1.77. The van der Waals surface area contributed by atoms with Crippen molar-refractivity contribution >= 4 is 16.9 Å². The summed E-state index contributed by atoms with van der Waals surface area (Å²) in [6.07, 6.45) is 1.64. The fraction of sp³-hybridized carbons (Fsp3) is 0.182. The molecule has 1 heterocycles. The van der Waals surface area contributed by atoms with Crippen LogP contribution in [0.15, 0.2) is 30.5 Å². The van der Waals surface area contributed by atoms with Gasteiger partial charge in [0.1, 0.15) is 11.9 Å². The van der Waals surface area contributed by atoms with Crippen molar-refractivity contribution < 1.29 is 14.3 Å². The number of nitrogens with two attached hydrogens (primary N) is 1. The Morgan fingerprint density at radius 3 is 2.94 bits per heavy atom. The smallest absolute Gasteiger partial charge is 0.322 e. The van der Waals surface area contributed by atoms with Crippen molar-refractivity contribution in [2.75, 3.05) is 0 Å². The highest BCUT2D eigenvalue weighted by molar-refractivity contribution is 5.81. The van der Waals surface area contributed by atoms with E-state index in [1.54, 1.807) is 29.0 Å². The predicted octanol–water partition coefficient (Wildman–Crippen LogP) is 1.19. The normalized spacial score (nSPS) is 12.9. The van der Waals surface area contributed by atoms with Crippen molar-refractivity contribution in [1.29, 1.82) is 0 Å². The molecule has 0 aliphatic heterocycles. The summed E-state index contributed by atoms with van der Waals surface area (Å²) in [6, 6.07) is 5.30. The molecule has 0 radical (unpaired) electrons. The molecular formula is C11H11FN2O2. The van der Waals surface area contributed by atoms with E-state index >= 15 is 0 Å². The van der Waals surface area contributed by atoms with Gasteiger partial charge in [-0.2, -0.15) is 0 Å². The average Bonchev–Trinajstić information content (AvgIpc) is 2.63. The first-order chi connectivity index (χ1) is 7.59. The van der Waals surface area contributed by atoms with Gasteiger partial charge in [0.25, 0.3) is 0 Å². The molecule has 5 heteroatoms. The topological polar surface area (TPSA) is 68.2 Å². The number of aliphatic carboxylic acids is 1. The molecule has 1 atom stereocenters. The van der Waals surface area contributed by atoms with Crippen LogP contribution in [0, 0.1) is 5.82 Å². The lowest BCUT2D eigenvalue weighted by Crippen LogP contribution is -2.34. The summed E-state index contributed by atoms with van der Waals surface area (Å²) in [5.41, 5.74) is 6.07. The van der Waals surface area contributed by atoms with Gasteiger partial charge in [-0.25, -0.2) is 4.39 Å². The summed E-state index contributed by atoms with van der Waals surface area (Å²) in [5.74, 6) is -1.39. The lowest BCUT2D eigenvalue weighted by atomic mass is 10.2. The quantitative estimate of drug-likeness (QED) is 0.819. The zero-order chi connectivity index (χ0) is 11.7. The molecule has 0 saturated heterocycles. The van der Waals surface area contributed by atoms with E-state index in [9.17, 15) is 9.18 Å². The monoisotopic (exact) mass is 222 g/mol. The number of carboxylic acid groups (broad SMARTS) is 1. The number of rotatable bonds is 3. The van der Waals surface area contributed by atoms with E-state index in [2.05, 4.69) is 0 Å². The van der Waals surface area contributed by atoms with Gasteiger partial charge in [0.2, 0.25) is 0 Å². The summed E-state index contributed by atoms with van der Waals surface area (Å²) in [7, 11) is 0. The number of carboxylic acids is 1. The largest absolute Gasteiger partial charge is 0.480 e. The fourth-order valence-corrected chi connectivity index (χ4v) is 1.64. The Labute approximate surface area is 91.1 Å². The van der Waals surface area contributed by atoms with Crippen molar-refractivity contribution in [1.82, 2.24) is 4.57 Å². The molecule has 0 aliphatic carbocycles. The molecule has 16 heavy (non-hydrogen) atoms. The number of halogens is 1. The minimum atomic E-state index is -1.07. The number of carbonyl (C=O) groups is 1. The molecule has 0 amide bonds. The van der Waals surface area contributed by atoms with Gasteiger partial charge in [-0.05, 0) is 18.2 Å². The van der Waals surface area contributed by atoms with E-state index < -0.39 is 12.0 Å².